The van der Waals surface area contributed by atoms with E-state index in [0.717, 1.165) is 0 Å². The molecule has 9 heteroatoms. The molecule has 1 aliphatic rings. The predicted octanol–water partition coefficient (Wildman–Crippen LogP) is -0.797. The molecular weight excluding hydrogens is 284 g/mol. The fourth-order valence-electron chi connectivity index (χ4n) is 1.95. The van der Waals surface area contributed by atoms with Crippen molar-refractivity contribution in [2.45, 2.75) is 0 Å². The number of ether oxygens (including phenoxy) is 1. The zero-order valence-electron chi connectivity index (χ0n) is 11.3. The van der Waals surface area contributed by atoms with E-state index >= 15 is 0 Å². The summed E-state index contributed by atoms with van der Waals surface area (Å²) in [6, 6.07) is 1.46. The molecule has 0 aromatic carbocycles. The minimum Gasteiger partial charge on any atom is -0.481 e. The average molecular weight is 300 g/mol. The summed E-state index contributed by atoms with van der Waals surface area (Å²) in [4.78, 5) is 21.6. The van der Waals surface area contributed by atoms with Gasteiger partial charge < -0.3 is 9.64 Å². The molecule has 1 aliphatic heterocycles. The van der Waals surface area contributed by atoms with Crippen molar-refractivity contribution in [3.8, 4) is 5.88 Å². The van der Waals surface area contributed by atoms with Crippen LogP contribution in [-0.2, 0) is 10.0 Å². The number of hydrogen-bond donors (Lipinski definition) is 0. The third-order valence-electron chi connectivity index (χ3n) is 3.07. The summed E-state index contributed by atoms with van der Waals surface area (Å²) in [5.41, 5.74) is 0.240. The van der Waals surface area contributed by atoms with Crippen molar-refractivity contribution in [2.75, 3.05) is 39.5 Å². The van der Waals surface area contributed by atoms with Gasteiger partial charge in [0.1, 0.15) is 12.0 Å². The molecule has 1 aromatic heterocycles. The molecule has 0 aliphatic carbocycles. The van der Waals surface area contributed by atoms with Crippen LogP contribution in [0.5, 0.6) is 5.88 Å². The van der Waals surface area contributed by atoms with Gasteiger partial charge in [-0.1, -0.05) is 0 Å². The van der Waals surface area contributed by atoms with Crippen LogP contribution >= 0.6 is 0 Å². The topological polar surface area (TPSA) is 92.7 Å². The Bertz CT molecular complexity index is 596. The Balaban J connectivity index is 2.05. The van der Waals surface area contributed by atoms with Gasteiger partial charge in [0, 0.05) is 32.2 Å². The number of sulfonamides is 1. The van der Waals surface area contributed by atoms with E-state index in [-0.39, 0.29) is 11.6 Å². The van der Waals surface area contributed by atoms with Crippen molar-refractivity contribution in [3.05, 3.63) is 18.1 Å². The van der Waals surface area contributed by atoms with Gasteiger partial charge in [0.25, 0.3) is 5.91 Å². The van der Waals surface area contributed by atoms with Crippen molar-refractivity contribution in [3.63, 3.8) is 0 Å². The second-order valence-corrected chi connectivity index (χ2v) is 6.38. The molecular formula is C11H16N4O4S. The Kier molecular flexibility index (Phi) is 4.19. The molecule has 0 spiro atoms. The highest BCUT2D eigenvalue weighted by atomic mass is 32.2. The van der Waals surface area contributed by atoms with E-state index in [1.54, 1.807) is 4.90 Å². The Labute approximate surface area is 117 Å². The monoisotopic (exact) mass is 300 g/mol. The van der Waals surface area contributed by atoms with E-state index in [2.05, 4.69) is 9.97 Å². The predicted molar refractivity (Wildman–Crippen MR) is 70.9 cm³/mol. The standard InChI is InChI=1S/C11H16N4O4S/c1-19-10-7-9(12-8-13-10)11(16)14-3-5-15(6-4-14)20(2,17)18/h7-8H,3-6H2,1-2H3. The second kappa shape index (κ2) is 5.71. The molecule has 2 heterocycles. The van der Waals surface area contributed by atoms with E-state index in [1.807, 2.05) is 0 Å². The number of nitrogens with zero attached hydrogens (tertiary/aromatic N) is 4. The van der Waals surface area contributed by atoms with Crippen LogP contribution in [0.4, 0.5) is 0 Å². The van der Waals surface area contributed by atoms with Crippen molar-refractivity contribution in [1.82, 2.24) is 19.2 Å². The summed E-state index contributed by atoms with van der Waals surface area (Å²) in [7, 11) is -1.74. The molecule has 20 heavy (non-hydrogen) atoms. The number of rotatable bonds is 3. The summed E-state index contributed by atoms with van der Waals surface area (Å²) in [6.45, 7) is 1.29. The van der Waals surface area contributed by atoms with Gasteiger partial charge in [0.15, 0.2) is 0 Å². The normalized spacial score (nSPS) is 17.0. The quantitative estimate of drug-likeness (QED) is 0.726. The van der Waals surface area contributed by atoms with Crippen LogP contribution in [0.25, 0.3) is 0 Å². The minimum atomic E-state index is -3.20. The molecule has 0 radical (unpaired) electrons. The lowest BCUT2D eigenvalue weighted by Crippen LogP contribution is -2.50. The molecule has 0 saturated carbocycles. The minimum absolute atomic E-state index is 0.240. The molecule has 1 amide bonds. The molecule has 0 N–H and O–H groups in total. The lowest BCUT2D eigenvalue weighted by Gasteiger charge is -2.33. The summed E-state index contributed by atoms with van der Waals surface area (Å²) in [6.07, 6.45) is 2.43. The third-order valence-corrected chi connectivity index (χ3v) is 4.37. The van der Waals surface area contributed by atoms with Gasteiger partial charge in [-0.2, -0.15) is 4.31 Å². The lowest BCUT2D eigenvalue weighted by molar-refractivity contribution is 0.0691. The second-order valence-electron chi connectivity index (χ2n) is 4.40. The van der Waals surface area contributed by atoms with Crippen molar-refractivity contribution < 1.29 is 17.9 Å². The first kappa shape index (κ1) is 14.7. The Morgan fingerprint density at radius 3 is 2.45 bits per heavy atom. The van der Waals surface area contributed by atoms with Gasteiger partial charge in [-0.05, 0) is 0 Å². The van der Waals surface area contributed by atoms with Crippen molar-refractivity contribution >= 4 is 15.9 Å². The van der Waals surface area contributed by atoms with Gasteiger partial charge in [-0.15, -0.1) is 0 Å². The molecule has 110 valence electrons. The fraction of sp³-hybridized carbons (Fsp3) is 0.545. The van der Waals surface area contributed by atoms with Crippen LogP contribution in [0.15, 0.2) is 12.4 Å². The highest BCUT2D eigenvalue weighted by Crippen LogP contribution is 2.12. The van der Waals surface area contributed by atoms with Gasteiger partial charge in [-0.25, -0.2) is 18.4 Å². The number of aromatic nitrogens is 2. The summed E-state index contributed by atoms with van der Waals surface area (Å²) >= 11 is 0. The number of carbonyl (C=O) groups is 1. The molecule has 1 saturated heterocycles. The van der Waals surface area contributed by atoms with E-state index in [1.165, 1.54) is 30.1 Å². The van der Waals surface area contributed by atoms with Crippen molar-refractivity contribution in [1.29, 1.82) is 0 Å². The van der Waals surface area contributed by atoms with Crippen LogP contribution in [-0.4, -0.2) is 73.0 Å². The first-order valence-electron chi connectivity index (χ1n) is 6.02. The average Bonchev–Trinajstić information content (AvgIpc) is 2.46. The van der Waals surface area contributed by atoms with Gasteiger partial charge in [-0.3, -0.25) is 4.79 Å². The van der Waals surface area contributed by atoms with Crippen LogP contribution < -0.4 is 4.74 Å². The Morgan fingerprint density at radius 1 is 1.25 bits per heavy atom. The van der Waals surface area contributed by atoms with Gasteiger partial charge >= 0.3 is 0 Å². The van der Waals surface area contributed by atoms with Gasteiger partial charge in [0.2, 0.25) is 15.9 Å². The van der Waals surface area contributed by atoms with E-state index in [9.17, 15) is 13.2 Å². The highest BCUT2D eigenvalue weighted by Gasteiger charge is 2.27. The molecule has 1 aromatic rings. The smallest absolute Gasteiger partial charge is 0.272 e. The number of hydrogen-bond acceptors (Lipinski definition) is 6. The van der Waals surface area contributed by atoms with Crippen LogP contribution in [0.2, 0.25) is 0 Å². The zero-order valence-corrected chi connectivity index (χ0v) is 12.1. The largest absolute Gasteiger partial charge is 0.481 e. The zero-order chi connectivity index (χ0) is 14.8. The maximum absolute atomic E-state index is 12.2. The maximum Gasteiger partial charge on any atom is 0.272 e. The summed E-state index contributed by atoms with van der Waals surface area (Å²) < 4.78 is 29.1. The fourth-order valence-corrected chi connectivity index (χ4v) is 2.78. The first-order valence-corrected chi connectivity index (χ1v) is 7.87. The van der Waals surface area contributed by atoms with E-state index in [0.29, 0.717) is 32.1 Å². The highest BCUT2D eigenvalue weighted by molar-refractivity contribution is 7.88. The number of carbonyl (C=O) groups excluding carboxylic acids is 1. The van der Waals surface area contributed by atoms with Crippen molar-refractivity contribution in [2.24, 2.45) is 0 Å². The molecule has 0 unspecified atom stereocenters. The van der Waals surface area contributed by atoms with E-state index in [4.69, 9.17) is 4.74 Å². The maximum atomic E-state index is 12.2. The number of amides is 1. The number of piperazine rings is 1. The molecule has 0 atom stereocenters. The molecule has 1 fully saturated rings. The summed E-state index contributed by atoms with van der Waals surface area (Å²) in [5.74, 6) is 0.0666. The molecule has 0 bridgehead atoms. The van der Waals surface area contributed by atoms with Crippen LogP contribution in [0.3, 0.4) is 0 Å². The first-order chi connectivity index (χ1) is 9.41. The summed E-state index contributed by atoms with van der Waals surface area (Å²) in [5, 5.41) is 0. The van der Waals surface area contributed by atoms with Crippen LogP contribution in [0, 0.1) is 0 Å². The molecule has 2 rings (SSSR count). The third kappa shape index (κ3) is 3.23. The molecule has 8 nitrogen and oxygen atoms in total. The Morgan fingerprint density at radius 2 is 1.90 bits per heavy atom. The Hall–Kier alpha value is -1.74. The van der Waals surface area contributed by atoms with Gasteiger partial charge in [0.05, 0.1) is 13.4 Å². The lowest BCUT2D eigenvalue weighted by atomic mass is 10.3. The van der Waals surface area contributed by atoms with E-state index < -0.39 is 10.0 Å². The van der Waals surface area contributed by atoms with Crippen LogP contribution in [0.1, 0.15) is 10.5 Å². The number of methoxy groups -OCH3 is 1. The SMILES string of the molecule is COc1cc(C(=O)N2CCN(S(C)(=O)=O)CC2)ncn1.